The Morgan fingerprint density at radius 3 is 2.27 bits per heavy atom. The van der Waals surface area contributed by atoms with E-state index in [1.54, 1.807) is 23.9 Å². The van der Waals surface area contributed by atoms with Crippen LogP contribution in [0.3, 0.4) is 0 Å². The van der Waals surface area contributed by atoms with E-state index in [1.807, 2.05) is 40.7 Å². The zero-order valence-corrected chi connectivity index (χ0v) is 35.1. The van der Waals surface area contributed by atoms with Gasteiger partial charge in [-0.1, -0.05) is 104 Å². The van der Waals surface area contributed by atoms with E-state index in [9.17, 15) is 9.59 Å². The van der Waals surface area contributed by atoms with Crippen molar-refractivity contribution in [2.24, 2.45) is 5.73 Å². The van der Waals surface area contributed by atoms with Crippen LogP contribution in [0, 0.1) is 6.92 Å². The highest BCUT2D eigenvalue weighted by molar-refractivity contribution is 7.98. The molecule has 52 heavy (non-hydrogen) atoms. The molecule has 8 nitrogen and oxygen atoms in total. The number of unbranched alkanes of at least 4 members (excludes halogenated alkanes) is 1. The maximum absolute atomic E-state index is 13.8. The second-order valence-electron chi connectivity index (χ2n) is 11.9. The fourth-order valence-corrected chi connectivity index (χ4v) is 6.39. The van der Waals surface area contributed by atoms with Gasteiger partial charge < -0.3 is 25.4 Å². The lowest BCUT2D eigenvalue weighted by Gasteiger charge is -2.37. The van der Waals surface area contributed by atoms with Crippen molar-refractivity contribution in [3.8, 4) is 5.75 Å². The maximum Gasteiger partial charge on any atom is 0.404 e. The van der Waals surface area contributed by atoms with E-state index in [1.165, 1.54) is 49.7 Å². The van der Waals surface area contributed by atoms with Gasteiger partial charge in [-0.2, -0.15) is 0 Å². The van der Waals surface area contributed by atoms with Crippen molar-refractivity contribution in [2.45, 2.75) is 123 Å². The zero-order valence-electron chi connectivity index (χ0n) is 34.3. The van der Waals surface area contributed by atoms with Crippen LogP contribution in [-0.2, 0) is 9.53 Å². The first-order chi connectivity index (χ1) is 25.2. The topological polar surface area (TPSA) is 97.1 Å². The van der Waals surface area contributed by atoms with Gasteiger partial charge in [0.1, 0.15) is 5.75 Å². The number of nitrogens with two attached hydrogens (primary N) is 1. The lowest BCUT2D eigenvalue weighted by Crippen LogP contribution is -2.53. The maximum atomic E-state index is 13.8. The number of piperazine rings is 1. The number of allylic oxidation sites excluding steroid dienone is 4. The van der Waals surface area contributed by atoms with Gasteiger partial charge >= 0.3 is 6.09 Å². The van der Waals surface area contributed by atoms with Crippen LogP contribution in [0.4, 0.5) is 4.79 Å². The Bertz CT molecular complexity index is 1190. The molecule has 1 saturated carbocycles. The van der Waals surface area contributed by atoms with Gasteiger partial charge in [0.2, 0.25) is 0 Å². The van der Waals surface area contributed by atoms with Crippen LogP contribution in [0.15, 0.2) is 84.6 Å². The van der Waals surface area contributed by atoms with Gasteiger partial charge in [-0.25, -0.2) is 4.79 Å². The number of ether oxygens (including phenoxy) is 2. The van der Waals surface area contributed by atoms with Crippen molar-refractivity contribution in [2.75, 3.05) is 46.2 Å². The second-order valence-corrected chi connectivity index (χ2v) is 12.8. The Labute approximate surface area is 323 Å². The minimum Gasteiger partial charge on any atom is -0.493 e. The number of benzene rings is 1. The Kier molecular flexibility index (Phi) is 32.8. The Morgan fingerprint density at radius 1 is 1.10 bits per heavy atom. The normalized spacial score (nSPS) is 16.0. The predicted octanol–water partition coefficient (Wildman–Crippen LogP) is 10.2. The van der Waals surface area contributed by atoms with Crippen LogP contribution in [0.1, 0.15) is 105 Å². The molecule has 1 saturated heterocycles. The second kappa shape index (κ2) is 33.6. The monoisotopic (exact) mass is 743 g/mol. The van der Waals surface area contributed by atoms with Crippen LogP contribution in [0.25, 0.3) is 0 Å². The highest BCUT2D eigenvalue weighted by Crippen LogP contribution is 2.30. The minimum atomic E-state index is -0.745. The van der Waals surface area contributed by atoms with Gasteiger partial charge in [-0.05, 0) is 57.9 Å². The fourth-order valence-electron chi connectivity index (χ4n) is 5.77. The van der Waals surface area contributed by atoms with Gasteiger partial charge in [0.15, 0.2) is 5.78 Å². The summed E-state index contributed by atoms with van der Waals surface area (Å²) in [7, 11) is 1.22. The summed E-state index contributed by atoms with van der Waals surface area (Å²) in [6, 6.07) is 7.00. The zero-order chi connectivity index (χ0) is 39.7. The molecule has 1 amide bonds. The molecule has 2 aliphatic rings. The number of hydrogen-bond donors (Lipinski definition) is 2. The highest BCUT2D eigenvalue weighted by Gasteiger charge is 2.28. The molecule has 0 radical (unpaired) electrons. The third kappa shape index (κ3) is 20.7. The molecule has 3 N–H and O–H groups in total. The van der Waals surface area contributed by atoms with Gasteiger partial charge in [0.25, 0.3) is 0 Å². The molecule has 1 aliphatic carbocycles. The first-order valence-corrected chi connectivity index (χ1v) is 20.5. The number of nitrogens with zero attached hydrogens (tertiary/aromatic N) is 2. The number of thioether (sulfide) groups is 1. The van der Waals surface area contributed by atoms with E-state index in [2.05, 4.69) is 95.9 Å². The van der Waals surface area contributed by atoms with E-state index >= 15 is 0 Å². The van der Waals surface area contributed by atoms with Crippen molar-refractivity contribution in [3.63, 3.8) is 0 Å². The largest absolute Gasteiger partial charge is 0.493 e. The number of methoxy groups -OCH3 is 1. The molecular weight excluding hydrogens is 669 g/mol. The van der Waals surface area contributed by atoms with Crippen LogP contribution in [-0.4, -0.2) is 79.9 Å². The number of hydrogen-bond acceptors (Lipinski definition) is 8. The summed E-state index contributed by atoms with van der Waals surface area (Å²) >= 11 is 1.75. The summed E-state index contributed by atoms with van der Waals surface area (Å²) in [4.78, 5) is 29.2. The minimum absolute atomic E-state index is 0.230. The number of carbonyl (C=O) groups is 2. The van der Waals surface area contributed by atoms with E-state index < -0.39 is 6.09 Å². The van der Waals surface area contributed by atoms with Gasteiger partial charge in [0.05, 0.1) is 20.3 Å². The Morgan fingerprint density at radius 2 is 1.73 bits per heavy atom. The van der Waals surface area contributed by atoms with Crippen LogP contribution in [0.5, 0.6) is 5.75 Å². The molecule has 1 aliphatic heterocycles. The number of Topliss-reactive ketones (excluding diaryl/α,β-unsaturated/α-hetero) is 1. The van der Waals surface area contributed by atoms with Gasteiger partial charge in [0, 0.05) is 66.1 Å². The Hall–Kier alpha value is -3.27. The average Bonchev–Trinajstić information content (AvgIpc) is 3.19. The lowest BCUT2D eigenvalue weighted by molar-refractivity contribution is -0.117. The summed E-state index contributed by atoms with van der Waals surface area (Å²) in [5.74, 6) is 1.19. The molecular formula is C43H74N4O4S. The molecule has 0 bridgehead atoms. The third-order valence-corrected chi connectivity index (χ3v) is 9.42. The molecule has 1 unspecified atom stereocenters. The van der Waals surface area contributed by atoms with E-state index in [0.29, 0.717) is 19.2 Å². The first-order valence-electron chi connectivity index (χ1n) is 19.3. The van der Waals surface area contributed by atoms with Crippen molar-refractivity contribution in [1.29, 1.82) is 0 Å². The molecule has 1 aromatic rings. The summed E-state index contributed by atoms with van der Waals surface area (Å²) in [5.41, 5.74) is 7.65. The van der Waals surface area contributed by atoms with Crippen LogP contribution >= 0.6 is 11.8 Å². The number of rotatable bonds is 16. The average molecular weight is 743 g/mol. The number of ketones is 1. The predicted molar refractivity (Wildman–Crippen MR) is 226 cm³/mol. The molecule has 1 atom stereocenters. The summed E-state index contributed by atoms with van der Waals surface area (Å²) in [5, 5.41) is 3.52. The summed E-state index contributed by atoms with van der Waals surface area (Å²) in [6.07, 6.45) is 21.1. The molecule has 9 heteroatoms. The molecule has 1 heterocycles. The van der Waals surface area contributed by atoms with Gasteiger partial charge in [-0.15, -0.1) is 18.3 Å². The molecule has 3 rings (SSSR count). The Balaban J connectivity index is 0. The third-order valence-electron chi connectivity index (χ3n) is 8.54. The van der Waals surface area contributed by atoms with Crippen molar-refractivity contribution < 1.29 is 19.1 Å². The van der Waals surface area contributed by atoms with Crippen LogP contribution in [0.2, 0.25) is 0 Å². The fraction of sp³-hybridized carbons (Fsp3) is 0.581. The summed E-state index contributed by atoms with van der Waals surface area (Å²) < 4.78 is 10.1. The standard InChI is InChI=1S/C33H51N3O2S.C4H6.C2H5NO2.2C2H6/c1-6-8-12-21-36(28-15-10-9-11-16-28)30(14-7-2)26(3)31(37)25-35-22-20-34-24-29(35)19-23-38-32-17-13-18-33(39-5)27(32)4;1-3-4-2;1-5-2(3)4;2*1-2/h7,12-13,17-18,21,28-29,34H,2,6,8-11,14-16,19-20,22-25H2,1,3-5H3;3-4H,1-2H2;1H3,(H2,3,4);2*1-2H3/b21-12+,30-26+;;;;. The number of carbonyl (C=O) groups excluding carboxylic acids is 2. The number of nitrogens with one attached hydrogen (secondary N) is 1. The molecule has 296 valence electrons. The SMILES string of the molecule is C=CC/C(=C(/C)C(=O)CN1CCNCC1CCOc1cccc(SC)c1C)N(/C=C/CCC)C1CCCCC1.C=CC=C.CC.CC.COC(N)=O. The van der Waals surface area contributed by atoms with Crippen molar-refractivity contribution in [1.82, 2.24) is 15.1 Å². The highest BCUT2D eigenvalue weighted by atomic mass is 32.2. The number of amides is 1. The van der Waals surface area contributed by atoms with Crippen LogP contribution < -0.4 is 15.8 Å². The molecule has 0 aromatic heterocycles. The lowest BCUT2D eigenvalue weighted by atomic mass is 9.93. The molecule has 1 aromatic carbocycles. The molecule has 0 spiro atoms. The van der Waals surface area contributed by atoms with E-state index in [0.717, 1.165) is 62.3 Å². The molecule has 2 fully saturated rings. The van der Waals surface area contributed by atoms with Gasteiger partial charge in [-0.3, -0.25) is 9.69 Å². The van der Waals surface area contributed by atoms with Crippen molar-refractivity contribution in [3.05, 3.63) is 85.3 Å². The van der Waals surface area contributed by atoms with E-state index in [4.69, 9.17) is 4.74 Å². The summed E-state index contributed by atoms with van der Waals surface area (Å²) in [6.45, 7) is 28.9. The van der Waals surface area contributed by atoms with E-state index in [-0.39, 0.29) is 11.8 Å². The smallest absolute Gasteiger partial charge is 0.404 e. The first kappa shape index (κ1) is 50.8. The van der Waals surface area contributed by atoms with Crippen molar-refractivity contribution >= 4 is 23.6 Å². The number of primary amides is 1. The quantitative estimate of drug-likeness (QED) is 0.0748.